The van der Waals surface area contributed by atoms with Crippen LogP contribution in [-0.2, 0) is 6.42 Å². The first-order valence-electron chi connectivity index (χ1n) is 5.87. The zero-order valence-electron chi connectivity index (χ0n) is 11.1. The minimum atomic E-state index is -0.0332. The van der Waals surface area contributed by atoms with Gasteiger partial charge in [-0.1, -0.05) is 28.1 Å². The molecule has 0 radical (unpaired) electrons. The lowest BCUT2D eigenvalue weighted by Crippen LogP contribution is -2.07. The molecule has 0 fully saturated rings. The van der Waals surface area contributed by atoms with Crippen LogP contribution in [0.1, 0.15) is 16.1 Å². The van der Waals surface area contributed by atoms with Crippen LogP contribution in [0.4, 0.5) is 0 Å². The highest BCUT2D eigenvalue weighted by molar-refractivity contribution is 9.10. The summed E-state index contributed by atoms with van der Waals surface area (Å²) in [5.74, 6) is 0.336. The van der Waals surface area contributed by atoms with E-state index in [1.807, 2.05) is 12.1 Å². The van der Waals surface area contributed by atoms with Gasteiger partial charge >= 0.3 is 6.01 Å². The fourth-order valence-electron chi connectivity index (χ4n) is 1.66. The van der Waals surface area contributed by atoms with E-state index in [1.165, 1.54) is 14.2 Å². The number of rotatable bonds is 5. The molecule has 1 aromatic heterocycles. The molecule has 0 saturated carbocycles. The predicted molar refractivity (Wildman–Crippen MR) is 77.3 cm³/mol. The minimum absolute atomic E-state index is 0.0332. The van der Waals surface area contributed by atoms with E-state index in [4.69, 9.17) is 9.47 Å². The molecule has 2 aromatic rings. The van der Waals surface area contributed by atoms with Crippen LogP contribution in [0.25, 0.3) is 0 Å². The van der Waals surface area contributed by atoms with Crippen molar-refractivity contribution in [1.29, 1.82) is 0 Å². The van der Waals surface area contributed by atoms with Crippen LogP contribution in [0.15, 0.2) is 34.8 Å². The molecule has 0 aliphatic carbocycles. The molecule has 0 unspecified atom stereocenters. The Hall–Kier alpha value is -1.95. The highest BCUT2D eigenvalue weighted by Crippen LogP contribution is 2.17. The summed E-state index contributed by atoms with van der Waals surface area (Å²) in [6, 6.07) is 9.03. The molecular weight excluding hydrogens is 324 g/mol. The third-order valence-corrected chi connectivity index (χ3v) is 3.11. The number of Topliss-reactive ketones (excluding diaryl/α,β-unsaturated/α-hetero) is 1. The zero-order chi connectivity index (χ0) is 14.5. The monoisotopic (exact) mass is 336 g/mol. The predicted octanol–water partition coefficient (Wildman–Crippen LogP) is 2.68. The summed E-state index contributed by atoms with van der Waals surface area (Å²) in [5, 5.41) is 0. The number of hydrogen-bond acceptors (Lipinski definition) is 5. The van der Waals surface area contributed by atoms with Gasteiger partial charge in [-0.2, -0.15) is 9.97 Å². The maximum atomic E-state index is 12.2. The maximum absolute atomic E-state index is 12.2. The van der Waals surface area contributed by atoms with Crippen LogP contribution >= 0.6 is 15.9 Å². The van der Waals surface area contributed by atoms with E-state index in [0.717, 1.165) is 4.47 Å². The topological polar surface area (TPSA) is 61.3 Å². The Balaban J connectivity index is 2.23. The summed E-state index contributed by atoms with van der Waals surface area (Å²) in [6.07, 6.45) is 0.158. The number of carbonyl (C=O) groups is 1. The Morgan fingerprint density at radius 3 is 2.65 bits per heavy atom. The average molecular weight is 337 g/mol. The maximum Gasteiger partial charge on any atom is 0.319 e. The van der Waals surface area contributed by atoms with Crippen LogP contribution in [-0.4, -0.2) is 30.0 Å². The van der Waals surface area contributed by atoms with Crippen molar-refractivity contribution in [3.8, 4) is 11.9 Å². The molecule has 0 spiro atoms. The normalized spacial score (nSPS) is 10.2. The highest BCUT2D eigenvalue weighted by atomic mass is 79.9. The quantitative estimate of drug-likeness (QED) is 0.785. The fraction of sp³-hybridized carbons (Fsp3) is 0.214. The molecule has 0 aliphatic heterocycles. The Morgan fingerprint density at radius 2 is 2.00 bits per heavy atom. The van der Waals surface area contributed by atoms with Crippen LogP contribution in [0.3, 0.4) is 0 Å². The smallest absolute Gasteiger partial charge is 0.319 e. The first-order chi connectivity index (χ1) is 9.62. The molecule has 0 aliphatic rings. The zero-order valence-corrected chi connectivity index (χ0v) is 12.7. The van der Waals surface area contributed by atoms with Crippen molar-refractivity contribution in [2.45, 2.75) is 6.42 Å². The highest BCUT2D eigenvalue weighted by Gasteiger charge is 2.12. The van der Waals surface area contributed by atoms with Gasteiger partial charge in [-0.3, -0.25) is 4.79 Å². The van der Waals surface area contributed by atoms with Gasteiger partial charge in [0.05, 0.1) is 26.3 Å². The number of ketones is 1. The second kappa shape index (κ2) is 6.47. The minimum Gasteiger partial charge on any atom is -0.481 e. The van der Waals surface area contributed by atoms with Gasteiger partial charge in [-0.05, 0) is 12.1 Å². The summed E-state index contributed by atoms with van der Waals surface area (Å²) in [4.78, 5) is 20.3. The molecule has 1 heterocycles. The first-order valence-corrected chi connectivity index (χ1v) is 6.66. The second-order valence-corrected chi connectivity index (χ2v) is 4.91. The van der Waals surface area contributed by atoms with Crippen molar-refractivity contribution in [1.82, 2.24) is 9.97 Å². The lowest BCUT2D eigenvalue weighted by atomic mass is 10.1. The lowest BCUT2D eigenvalue weighted by molar-refractivity contribution is 0.0991. The largest absolute Gasteiger partial charge is 0.481 e. The molecule has 0 bridgehead atoms. The van der Waals surface area contributed by atoms with Gasteiger partial charge < -0.3 is 9.47 Å². The van der Waals surface area contributed by atoms with E-state index in [1.54, 1.807) is 18.2 Å². The number of methoxy groups -OCH3 is 2. The molecule has 0 saturated heterocycles. The fourth-order valence-corrected chi connectivity index (χ4v) is 2.06. The van der Waals surface area contributed by atoms with Crippen molar-refractivity contribution in [2.75, 3.05) is 14.2 Å². The average Bonchev–Trinajstić information content (AvgIpc) is 2.46. The van der Waals surface area contributed by atoms with Crippen molar-refractivity contribution in [3.63, 3.8) is 0 Å². The Morgan fingerprint density at radius 1 is 1.20 bits per heavy atom. The van der Waals surface area contributed by atoms with E-state index in [9.17, 15) is 4.79 Å². The lowest BCUT2D eigenvalue weighted by Gasteiger charge is -2.06. The Bertz CT molecular complexity index is 609. The van der Waals surface area contributed by atoms with Gasteiger partial charge in [0.1, 0.15) is 0 Å². The molecule has 0 N–H and O–H groups in total. The summed E-state index contributed by atoms with van der Waals surface area (Å²) >= 11 is 3.34. The molecule has 20 heavy (non-hydrogen) atoms. The van der Waals surface area contributed by atoms with Crippen LogP contribution in [0.2, 0.25) is 0 Å². The number of aromatic nitrogens is 2. The SMILES string of the molecule is COc1cc(CC(=O)c2cccc(Br)c2)nc(OC)n1. The van der Waals surface area contributed by atoms with Crippen LogP contribution in [0, 0.1) is 0 Å². The summed E-state index contributed by atoms with van der Waals surface area (Å²) < 4.78 is 10.9. The molecule has 5 nitrogen and oxygen atoms in total. The molecule has 0 amide bonds. The second-order valence-electron chi connectivity index (χ2n) is 4.00. The third-order valence-electron chi connectivity index (χ3n) is 2.62. The van der Waals surface area contributed by atoms with Gasteiger partial charge in [-0.25, -0.2) is 0 Å². The van der Waals surface area contributed by atoms with Gasteiger partial charge in [-0.15, -0.1) is 0 Å². The van der Waals surface area contributed by atoms with Crippen LogP contribution in [0.5, 0.6) is 11.9 Å². The summed E-state index contributed by atoms with van der Waals surface area (Å²) in [6.45, 7) is 0. The molecule has 1 aromatic carbocycles. The number of carbonyl (C=O) groups excluding carboxylic acids is 1. The Kier molecular flexibility index (Phi) is 4.68. The number of benzene rings is 1. The first kappa shape index (κ1) is 14.5. The molecule has 0 atom stereocenters. The molecular formula is C14H13BrN2O3. The summed E-state index contributed by atoms with van der Waals surface area (Å²) in [5.41, 5.74) is 1.18. The standard InChI is InChI=1S/C14H13BrN2O3/c1-19-13-8-11(16-14(17-13)20-2)7-12(18)9-4-3-5-10(15)6-9/h3-6,8H,7H2,1-2H3. The number of ether oxygens (including phenoxy) is 2. The van der Waals surface area contributed by atoms with Crippen molar-refractivity contribution >= 4 is 21.7 Å². The van der Waals surface area contributed by atoms with Gasteiger partial charge in [0, 0.05) is 16.1 Å². The third kappa shape index (κ3) is 3.54. The van der Waals surface area contributed by atoms with Crippen molar-refractivity contribution in [3.05, 3.63) is 46.1 Å². The van der Waals surface area contributed by atoms with E-state index < -0.39 is 0 Å². The molecule has 2 rings (SSSR count). The van der Waals surface area contributed by atoms with E-state index >= 15 is 0 Å². The number of hydrogen-bond donors (Lipinski definition) is 0. The number of nitrogens with zero attached hydrogens (tertiary/aromatic N) is 2. The summed E-state index contributed by atoms with van der Waals surface area (Å²) in [7, 11) is 2.97. The van der Waals surface area contributed by atoms with E-state index in [2.05, 4.69) is 25.9 Å². The van der Waals surface area contributed by atoms with Gasteiger partial charge in [0.15, 0.2) is 5.78 Å². The number of halogens is 1. The molecule has 6 heteroatoms. The van der Waals surface area contributed by atoms with Crippen LogP contribution < -0.4 is 9.47 Å². The van der Waals surface area contributed by atoms with Gasteiger partial charge in [0.25, 0.3) is 0 Å². The van der Waals surface area contributed by atoms with Gasteiger partial charge in [0.2, 0.25) is 5.88 Å². The molecule has 104 valence electrons. The van der Waals surface area contributed by atoms with Crippen molar-refractivity contribution in [2.24, 2.45) is 0 Å². The Labute approximate surface area is 125 Å². The van der Waals surface area contributed by atoms with E-state index in [0.29, 0.717) is 17.1 Å². The van der Waals surface area contributed by atoms with E-state index in [-0.39, 0.29) is 18.2 Å². The van der Waals surface area contributed by atoms with Crippen molar-refractivity contribution < 1.29 is 14.3 Å².